The van der Waals surface area contributed by atoms with Gasteiger partial charge in [0, 0.05) is 29.3 Å². The molecule has 7 nitrogen and oxygen atoms in total. The van der Waals surface area contributed by atoms with Crippen LogP contribution in [0.25, 0.3) is 22.8 Å². The average molecular weight is 430 g/mol. The normalized spacial score (nSPS) is 11.1. The molecule has 1 aromatic carbocycles. The van der Waals surface area contributed by atoms with Crippen molar-refractivity contribution in [1.82, 2.24) is 24.7 Å². The number of aryl methyl sites for hydroxylation is 1. The van der Waals surface area contributed by atoms with Gasteiger partial charge < -0.3 is 8.83 Å². The van der Waals surface area contributed by atoms with Crippen LogP contribution in [0, 0.1) is 6.92 Å². The van der Waals surface area contributed by atoms with Gasteiger partial charge >= 0.3 is 0 Å². The summed E-state index contributed by atoms with van der Waals surface area (Å²) in [7, 11) is 0. The van der Waals surface area contributed by atoms with E-state index in [0.29, 0.717) is 18.2 Å². The van der Waals surface area contributed by atoms with E-state index in [9.17, 15) is 0 Å². The molecule has 0 spiro atoms. The number of benzene rings is 1. The highest BCUT2D eigenvalue weighted by atomic mass is 32.2. The molecule has 0 saturated carbocycles. The molecule has 5 aromatic rings. The highest BCUT2D eigenvalue weighted by Crippen LogP contribution is 2.29. The highest BCUT2D eigenvalue weighted by molar-refractivity contribution is 7.98. The molecule has 0 aliphatic rings. The summed E-state index contributed by atoms with van der Waals surface area (Å²) in [5.74, 6) is 3.62. The van der Waals surface area contributed by atoms with Gasteiger partial charge in [0.15, 0.2) is 11.0 Å². The minimum Gasteiger partial charge on any atom is -0.467 e. The third kappa shape index (κ3) is 4.15. The molecule has 0 radical (unpaired) electrons. The van der Waals surface area contributed by atoms with Crippen LogP contribution in [0.1, 0.15) is 17.2 Å². The second-order valence-corrected chi connectivity index (χ2v) is 7.83. The molecule has 0 amide bonds. The standard InChI is InChI=1S/C23H19N5O2S/c1-16-20(25-22(30-16)17-7-3-2-4-8-17)15-31-23-27-26-21(18-9-5-11-24-13-18)28(23)14-19-10-6-12-29-19/h2-13H,14-15H2,1H3. The van der Waals surface area contributed by atoms with Crippen LogP contribution in [-0.2, 0) is 12.3 Å². The van der Waals surface area contributed by atoms with E-state index in [4.69, 9.17) is 13.8 Å². The average Bonchev–Trinajstić information content (AvgIpc) is 3.55. The number of hydrogen-bond donors (Lipinski definition) is 0. The molecule has 0 fully saturated rings. The Hall–Kier alpha value is -3.65. The summed E-state index contributed by atoms with van der Waals surface area (Å²) in [4.78, 5) is 8.90. The maximum Gasteiger partial charge on any atom is 0.226 e. The van der Waals surface area contributed by atoms with Crippen LogP contribution in [0.4, 0.5) is 0 Å². The molecule has 5 rings (SSSR count). The van der Waals surface area contributed by atoms with Crippen molar-refractivity contribution in [3.05, 3.63) is 90.5 Å². The first-order chi connectivity index (χ1) is 15.3. The zero-order chi connectivity index (χ0) is 21.0. The van der Waals surface area contributed by atoms with Gasteiger partial charge in [0.2, 0.25) is 5.89 Å². The van der Waals surface area contributed by atoms with Gasteiger partial charge in [-0.05, 0) is 43.3 Å². The van der Waals surface area contributed by atoms with Crippen molar-refractivity contribution < 1.29 is 8.83 Å². The quantitative estimate of drug-likeness (QED) is 0.327. The number of rotatable bonds is 7. The Kier molecular flexibility index (Phi) is 5.37. The van der Waals surface area contributed by atoms with E-state index in [1.165, 1.54) is 0 Å². The second-order valence-electron chi connectivity index (χ2n) is 6.89. The van der Waals surface area contributed by atoms with Gasteiger partial charge in [-0.15, -0.1) is 10.2 Å². The number of furan rings is 1. The van der Waals surface area contributed by atoms with Crippen LogP contribution in [0.5, 0.6) is 0 Å². The van der Waals surface area contributed by atoms with Crippen molar-refractivity contribution in [2.24, 2.45) is 0 Å². The molecule has 4 heterocycles. The van der Waals surface area contributed by atoms with Gasteiger partial charge in [0.1, 0.15) is 11.5 Å². The van der Waals surface area contributed by atoms with Gasteiger partial charge in [0.25, 0.3) is 0 Å². The Bertz CT molecular complexity index is 1260. The number of aromatic nitrogens is 5. The van der Waals surface area contributed by atoms with Crippen LogP contribution >= 0.6 is 11.8 Å². The summed E-state index contributed by atoms with van der Waals surface area (Å²) in [6.07, 6.45) is 5.19. The van der Waals surface area contributed by atoms with E-state index < -0.39 is 0 Å². The molecule has 154 valence electrons. The fourth-order valence-corrected chi connectivity index (χ4v) is 4.14. The fraction of sp³-hybridized carbons (Fsp3) is 0.130. The number of hydrogen-bond acceptors (Lipinski definition) is 7. The van der Waals surface area contributed by atoms with Gasteiger partial charge in [-0.25, -0.2) is 4.98 Å². The minimum absolute atomic E-state index is 0.527. The predicted octanol–water partition coefficient (Wildman–Crippen LogP) is 5.24. The molecule has 0 saturated heterocycles. The Labute approximate surface area is 183 Å². The van der Waals surface area contributed by atoms with Crippen LogP contribution in [0.15, 0.2) is 87.2 Å². The molecule has 0 unspecified atom stereocenters. The summed E-state index contributed by atoms with van der Waals surface area (Å²) in [6.45, 7) is 2.46. The van der Waals surface area contributed by atoms with E-state index in [0.717, 1.165) is 39.3 Å². The molecule has 31 heavy (non-hydrogen) atoms. The smallest absolute Gasteiger partial charge is 0.226 e. The number of nitrogens with zero attached hydrogens (tertiary/aromatic N) is 5. The van der Waals surface area contributed by atoms with Crippen LogP contribution in [0.2, 0.25) is 0 Å². The molecule has 8 heteroatoms. The van der Waals surface area contributed by atoms with E-state index in [1.807, 2.05) is 66.1 Å². The lowest BCUT2D eigenvalue weighted by Gasteiger charge is -2.08. The Balaban J connectivity index is 1.42. The van der Waals surface area contributed by atoms with Crippen LogP contribution in [0.3, 0.4) is 0 Å². The fourth-order valence-electron chi connectivity index (χ4n) is 3.20. The number of oxazole rings is 1. The van der Waals surface area contributed by atoms with Crippen molar-refractivity contribution in [3.63, 3.8) is 0 Å². The molecular weight excluding hydrogens is 410 g/mol. The first-order valence-electron chi connectivity index (χ1n) is 9.78. The zero-order valence-electron chi connectivity index (χ0n) is 16.8. The largest absolute Gasteiger partial charge is 0.467 e. The molecule has 0 N–H and O–H groups in total. The first-order valence-corrected chi connectivity index (χ1v) is 10.8. The Morgan fingerprint density at radius 3 is 2.61 bits per heavy atom. The third-order valence-electron chi connectivity index (χ3n) is 4.78. The van der Waals surface area contributed by atoms with Crippen molar-refractivity contribution in [2.45, 2.75) is 24.4 Å². The molecule has 0 aliphatic carbocycles. The number of thioether (sulfide) groups is 1. The molecule has 4 aromatic heterocycles. The molecule has 0 bridgehead atoms. The van der Waals surface area contributed by atoms with Crippen molar-refractivity contribution in [3.8, 4) is 22.8 Å². The Morgan fingerprint density at radius 2 is 1.84 bits per heavy atom. The van der Waals surface area contributed by atoms with Gasteiger partial charge in [-0.3, -0.25) is 9.55 Å². The van der Waals surface area contributed by atoms with Gasteiger partial charge in [0.05, 0.1) is 18.5 Å². The molecular formula is C23H19N5O2S. The topological polar surface area (TPSA) is 82.8 Å². The maximum absolute atomic E-state index is 5.89. The summed E-state index contributed by atoms with van der Waals surface area (Å²) in [6, 6.07) is 17.6. The Morgan fingerprint density at radius 1 is 0.968 bits per heavy atom. The van der Waals surface area contributed by atoms with E-state index >= 15 is 0 Å². The number of pyridine rings is 1. The van der Waals surface area contributed by atoms with Crippen LogP contribution < -0.4 is 0 Å². The van der Waals surface area contributed by atoms with Crippen molar-refractivity contribution >= 4 is 11.8 Å². The summed E-state index contributed by atoms with van der Waals surface area (Å²) in [5.41, 5.74) is 2.75. The van der Waals surface area contributed by atoms with E-state index in [2.05, 4.69) is 15.2 Å². The second kappa shape index (κ2) is 8.61. The van der Waals surface area contributed by atoms with Gasteiger partial charge in [-0.1, -0.05) is 30.0 Å². The maximum atomic E-state index is 5.89. The summed E-state index contributed by atoms with van der Waals surface area (Å²) >= 11 is 1.56. The lowest BCUT2D eigenvalue weighted by atomic mass is 10.2. The molecule has 0 aliphatic heterocycles. The lowest BCUT2D eigenvalue weighted by Crippen LogP contribution is -2.03. The van der Waals surface area contributed by atoms with E-state index in [-0.39, 0.29) is 0 Å². The predicted molar refractivity (Wildman–Crippen MR) is 117 cm³/mol. The zero-order valence-corrected chi connectivity index (χ0v) is 17.6. The monoisotopic (exact) mass is 429 g/mol. The third-order valence-corrected chi connectivity index (χ3v) is 5.76. The highest BCUT2D eigenvalue weighted by Gasteiger charge is 2.18. The minimum atomic E-state index is 0.527. The first kappa shape index (κ1) is 19.3. The van der Waals surface area contributed by atoms with Gasteiger partial charge in [-0.2, -0.15) is 0 Å². The molecule has 0 atom stereocenters. The lowest BCUT2D eigenvalue weighted by molar-refractivity contribution is 0.485. The SMILES string of the molecule is Cc1oc(-c2ccccc2)nc1CSc1nnc(-c2cccnc2)n1Cc1ccco1. The van der Waals surface area contributed by atoms with Crippen LogP contribution in [-0.4, -0.2) is 24.7 Å². The van der Waals surface area contributed by atoms with E-state index in [1.54, 1.807) is 30.4 Å². The van der Waals surface area contributed by atoms with Crippen molar-refractivity contribution in [1.29, 1.82) is 0 Å². The summed E-state index contributed by atoms with van der Waals surface area (Å²) < 4.78 is 13.5. The summed E-state index contributed by atoms with van der Waals surface area (Å²) in [5, 5.41) is 9.63. The van der Waals surface area contributed by atoms with Crippen molar-refractivity contribution in [2.75, 3.05) is 0 Å².